The summed E-state index contributed by atoms with van der Waals surface area (Å²) in [5.74, 6) is -0.217. The van der Waals surface area contributed by atoms with Crippen molar-refractivity contribution in [3.05, 3.63) is 40.5 Å². The molecule has 0 bridgehead atoms. The van der Waals surface area contributed by atoms with Gasteiger partial charge in [0.05, 0.1) is 5.69 Å². The molecule has 2 aromatic rings. The van der Waals surface area contributed by atoms with Crippen molar-refractivity contribution >= 4 is 11.3 Å². The molecule has 0 atom stereocenters. The van der Waals surface area contributed by atoms with E-state index in [1.165, 1.54) is 12.1 Å². The van der Waals surface area contributed by atoms with E-state index in [2.05, 4.69) is 24.1 Å². The molecule has 90 valence electrons. The van der Waals surface area contributed by atoms with Crippen LogP contribution in [0.25, 0.3) is 11.3 Å². The first-order valence-corrected chi connectivity index (χ1v) is 6.47. The van der Waals surface area contributed by atoms with Gasteiger partial charge in [-0.05, 0) is 24.3 Å². The topological polar surface area (TPSA) is 24.9 Å². The first kappa shape index (κ1) is 12.2. The van der Waals surface area contributed by atoms with E-state index in [1.54, 1.807) is 23.5 Å². The molecule has 0 unspecified atom stereocenters. The van der Waals surface area contributed by atoms with Crippen LogP contribution in [-0.2, 0) is 6.54 Å². The Morgan fingerprint density at radius 2 is 2.00 bits per heavy atom. The van der Waals surface area contributed by atoms with E-state index in [4.69, 9.17) is 0 Å². The van der Waals surface area contributed by atoms with E-state index in [1.807, 2.05) is 5.38 Å². The molecule has 0 aliphatic heterocycles. The fourth-order valence-electron chi connectivity index (χ4n) is 1.44. The van der Waals surface area contributed by atoms with Crippen LogP contribution in [0.3, 0.4) is 0 Å². The zero-order valence-electron chi connectivity index (χ0n) is 9.90. The van der Waals surface area contributed by atoms with Crippen LogP contribution in [0.1, 0.15) is 18.9 Å². The lowest BCUT2D eigenvalue weighted by atomic mass is 10.2. The molecule has 2 nitrogen and oxygen atoms in total. The summed E-state index contributed by atoms with van der Waals surface area (Å²) in [6, 6.07) is 6.88. The quantitative estimate of drug-likeness (QED) is 0.899. The average Bonchev–Trinajstić information content (AvgIpc) is 2.76. The van der Waals surface area contributed by atoms with E-state index in [0.29, 0.717) is 6.04 Å². The summed E-state index contributed by atoms with van der Waals surface area (Å²) in [6.07, 6.45) is 0. The van der Waals surface area contributed by atoms with Crippen molar-refractivity contribution in [2.24, 2.45) is 0 Å². The number of thiazole rings is 1. The molecule has 0 amide bonds. The number of nitrogens with zero attached hydrogens (tertiary/aromatic N) is 1. The van der Waals surface area contributed by atoms with Crippen molar-refractivity contribution in [1.82, 2.24) is 10.3 Å². The standard InChI is InChI=1S/C13H15FN2S/c1-9(2)15-7-13-16-12(8-17-13)10-3-5-11(14)6-4-10/h3-6,8-9,15H,7H2,1-2H3. The number of hydrogen-bond donors (Lipinski definition) is 1. The highest BCUT2D eigenvalue weighted by Gasteiger charge is 2.05. The van der Waals surface area contributed by atoms with Gasteiger partial charge in [-0.3, -0.25) is 0 Å². The van der Waals surface area contributed by atoms with Crippen molar-refractivity contribution in [2.45, 2.75) is 26.4 Å². The number of aromatic nitrogens is 1. The minimum atomic E-state index is -0.217. The molecule has 0 radical (unpaired) electrons. The fraction of sp³-hybridized carbons (Fsp3) is 0.308. The van der Waals surface area contributed by atoms with Crippen molar-refractivity contribution in [2.75, 3.05) is 0 Å². The molecular weight excluding hydrogens is 235 g/mol. The van der Waals surface area contributed by atoms with Crippen LogP contribution in [-0.4, -0.2) is 11.0 Å². The average molecular weight is 250 g/mol. The van der Waals surface area contributed by atoms with Crippen LogP contribution < -0.4 is 5.32 Å². The highest BCUT2D eigenvalue weighted by Crippen LogP contribution is 2.22. The molecule has 4 heteroatoms. The third-order valence-electron chi connectivity index (χ3n) is 2.35. The van der Waals surface area contributed by atoms with Crippen LogP contribution in [0, 0.1) is 5.82 Å². The van der Waals surface area contributed by atoms with Crippen molar-refractivity contribution < 1.29 is 4.39 Å². The molecule has 1 aromatic carbocycles. The first-order chi connectivity index (χ1) is 8.15. The van der Waals surface area contributed by atoms with Gasteiger partial charge in [0.15, 0.2) is 0 Å². The van der Waals surface area contributed by atoms with Gasteiger partial charge in [0.25, 0.3) is 0 Å². The van der Waals surface area contributed by atoms with E-state index < -0.39 is 0 Å². The van der Waals surface area contributed by atoms with Crippen molar-refractivity contribution in [1.29, 1.82) is 0 Å². The van der Waals surface area contributed by atoms with Crippen molar-refractivity contribution in [3.63, 3.8) is 0 Å². The van der Waals surface area contributed by atoms with Crippen LogP contribution in [0.4, 0.5) is 4.39 Å². The Kier molecular flexibility index (Phi) is 3.86. The molecule has 2 rings (SSSR count). The molecule has 1 aromatic heterocycles. The van der Waals surface area contributed by atoms with Gasteiger partial charge in [-0.15, -0.1) is 11.3 Å². The van der Waals surface area contributed by atoms with E-state index in [-0.39, 0.29) is 5.82 Å². The second kappa shape index (κ2) is 5.38. The first-order valence-electron chi connectivity index (χ1n) is 5.59. The molecule has 17 heavy (non-hydrogen) atoms. The summed E-state index contributed by atoms with van der Waals surface area (Å²) < 4.78 is 12.8. The predicted octanol–water partition coefficient (Wildman–Crippen LogP) is 3.45. The van der Waals surface area contributed by atoms with Gasteiger partial charge in [-0.2, -0.15) is 0 Å². The molecule has 0 saturated heterocycles. The summed E-state index contributed by atoms with van der Waals surface area (Å²) in [6.45, 7) is 4.99. The lowest BCUT2D eigenvalue weighted by Gasteiger charge is -2.04. The minimum absolute atomic E-state index is 0.217. The Hall–Kier alpha value is -1.26. The SMILES string of the molecule is CC(C)NCc1nc(-c2ccc(F)cc2)cs1. The van der Waals surface area contributed by atoms with Gasteiger partial charge in [0.1, 0.15) is 10.8 Å². The van der Waals surface area contributed by atoms with Crippen LogP contribution in [0.5, 0.6) is 0 Å². The summed E-state index contributed by atoms with van der Waals surface area (Å²) in [4.78, 5) is 4.52. The zero-order valence-corrected chi connectivity index (χ0v) is 10.7. The Balaban J connectivity index is 2.10. The van der Waals surface area contributed by atoms with Gasteiger partial charge in [0.2, 0.25) is 0 Å². The van der Waals surface area contributed by atoms with Crippen LogP contribution in [0.2, 0.25) is 0 Å². The third-order valence-corrected chi connectivity index (χ3v) is 3.20. The highest BCUT2D eigenvalue weighted by atomic mass is 32.1. The van der Waals surface area contributed by atoms with E-state index >= 15 is 0 Å². The predicted molar refractivity (Wildman–Crippen MR) is 69.5 cm³/mol. The minimum Gasteiger partial charge on any atom is -0.308 e. The van der Waals surface area contributed by atoms with Gasteiger partial charge >= 0.3 is 0 Å². The molecule has 0 spiro atoms. The number of nitrogens with one attached hydrogen (secondary N) is 1. The molecular formula is C13H15FN2S. The maximum Gasteiger partial charge on any atom is 0.123 e. The van der Waals surface area contributed by atoms with Crippen LogP contribution >= 0.6 is 11.3 Å². The second-order valence-electron chi connectivity index (χ2n) is 4.17. The normalized spacial score (nSPS) is 11.1. The maximum atomic E-state index is 12.8. The zero-order chi connectivity index (χ0) is 12.3. The Bertz CT molecular complexity index is 476. The number of halogens is 1. The van der Waals surface area contributed by atoms with Gasteiger partial charge in [0, 0.05) is 23.5 Å². The number of rotatable bonds is 4. The van der Waals surface area contributed by atoms with Gasteiger partial charge in [-0.1, -0.05) is 13.8 Å². The number of benzene rings is 1. The molecule has 1 N–H and O–H groups in total. The van der Waals surface area contributed by atoms with E-state index in [0.717, 1.165) is 22.8 Å². The molecule has 1 heterocycles. The smallest absolute Gasteiger partial charge is 0.123 e. The molecule has 0 aliphatic carbocycles. The third kappa shape index (κ3) is 3.35. The highest BCUT2D eigenvalue weighted by molar-refractivity contribution is 7.09. The Morgan fingerprint density at radius 3 is 2.65 bits per heavy atom. The van der Waals surface area contributed by atoms with Crippen molar-refractivity contribution in [3.8, 4) is 11.3 Å². The summed E-state index contributed by atoms with van der Waals surface area (Å²) >= 11 is 1.62. The fourth-order valence-corrected chi connectivity index (χ4v) is 2.19. The second-order valence-corrected chi connectivity index (χ2v) is 5.11. The summed E-state index contributed by atoms with van der Waals surface area (Å²) in [5.41, 5.74) is 1.87. The van der Waals surface area contributed by atoms with Gasteiger partial charge in [-0.25, -0.2) is 9.37 Å². The lowest BCUT2D eigenvalue weighted by molar-refractivity contribution is 0.587. The largest absolute Gasteiger partial charge is 0.308 e. The van der Waals surface area contributed by atoms with Crippen LogP contribution in [0.15, 0.2) is 29.6 Å². The maximum absolute atomic E-state index is 12.8. The Labute approximate surface area is 105 Å². The lowest BCUT2D eigenvalue weighted by Crippen LogP contribution is -2.21. The molecule has 0 aliphatic rings. The van der Waals surface area contributed by atoms with Gasteiger partial charge < -0.3 is 5.32 Å². The summed E-state index contributed by atoms with van der Waals surface area (Å²) in [5, 5.41) is 6.38. The molecule has 0 saturated carbocycles. The monoisotopic (exact) mass is 250 g/mol. The van der Waals surface area contributed by atoms with E-state index in [9.17, 15) is 4.39 Å². The Morgan fingerprint density at radius 1 is 1.29 bits per heavy atom. The summed E-state index contributed by atoms with van der Waals surface area (Å²) in [7, 11) is 0. The molecule has 0 fully saturated rings. The number of hydrogen-bond acceptors (Lipinski definition) is 3.